The third kappa shape index (κ3) is 4.71. The second-order valence-electron chi connectivity index (χ2n) is 5.00. The van der Waals surface area contributed by atoms with Crippen LogP contribution in [0.15, 0.2) is 22.7 Å². The summed E-state index contributed by atoms with van der Waals surface area (Å²) in [5.41, 5.74) is 0.780. The van der Waals surface area contributed by atoms with Crippen molar-refractivity contribution in [3.8, 4) is 0 Å². The van der Waals surface area contributed by atoms with E-state index in [2.05, 4.69) is 26.1 Å². The second-order valence-corrected chi connectivity index (χ2v) is 5.86. The summed E-state index contributed by atoms with van der Waals surface area (Å²) in [6.07, 6.45) is 2.48. The van der Waals surface area contributed by atoms with Gasteiger partial charge in [-0.25, -0.2) is 4.39 Å². The highest BCUT2D eigenvalue weighted by Gasteiger charge is 2.20. The molecule has 1 heterocycles. The maximum Gasteiger partial charge on any atom is 0.128 e. The predicted molar refractivity (Wildman–Crippen MR) is 83.3 cm³/mol. The average Bonchev–Trinajstić information content (AvgIpc) is 2.35. The number of likely N-dealkylation sites (tertiary alicyclic amines) is 1. The number of hydrogen-bond acceptors (Lipinski definition) is 2. The van der Waals surface area contributed by atoms with E-state index >= 15 is 0 Å². The topological polar surface area (TPSA) is 15.3 Å². The molecular formula is C14H21BrClFN2. The summed E-state index contributed by atoms with van der Waals surface area (Å²) >= 11 is 3.44. The van der Waals surface area contributed by atoms with Gasteiger partial charge in [0.15, 0.2) is 0 Å². The van der Waals surface area contributed by atoms with Crippen molar-refractivity contribution in [3.05, 3.63) is 34.1 Å². The number of hydrogen-bond donors (Lipinski definition) is 1. The minimum Gasteiger partial charge on any atom is -0.319 e. The molecule has 19 heavy (non-hydrogen) atoms. The molecule has 1 N–H and O–H groups in total. The number of benzene rings is 1. The molecule has 1 fully saturated rings. The fourth-order valence-corrected chi connectivity index (χ4v) is 3.12. The van der Waals surface area contributed by atoms with Gasteiger partial charge in [-0.15, -0.1) is 12.4 Å². The first-order chi connectivity index (χ1) is 8.70. The zero-order valence-corrected chi connectivity index (χ0v) is 13.6. The average molecular weight is 352 g/mol. The van der Waals surface area contributed by atoms with E-state index in [1.807, 2.05) is 13.1 Å². The summed E-state index contributed by atoms with van der Waals surface area (Å²) in [6.45, 7) is 3.88. The lowest BCUT2D eigenvalue weighted by molar-refractivity contribution is 0.165. The normalized spacial score (nSPS) is 20.1. The summed E-state index contributed by atoms with van der Waals surface area (Å²) in [5.74, 6) is 0.578. The molecule has 0 bridgehead atoms. The molecule has 1 aromatic carbocycles. The molecule has 1 aliphatic heterocycles. The Hall–Kier alpha value is -0.160. The number of rotatable bonds is 4. The molecule has 1 aromatic rings. The van der Waals surface area contributed by atoms with Gasteiger partial charge in [-0.2, -0.15) is 0 Å². The lowest BCUT2D eigenvalue weighted by atomic mass is 9.97. The minimum atomic E-state index is -0.111. The van der Waals surface area contributed by atoms with E-state index in [0.717, 1.165) is 29.7 Å². The fraction of sp³-hybridized carbons (Fsp3) is 0.571. The highest BCUT2D eigenvalue weighted by Crippen LogP contribution is 2.24. The van der Waals surface area contributed by atoms with Crippen LogP contribution >= 0.6 is 28.3 Å². The molecule has 0 saturated carbocycles. The largest absolute Gasteiger partial charge is 0.319 e. The number of halogens is 3. The number of piperidine rings is 1. The Bertz CT molecular complexity index is 381. The third-order valence-corrected chi connectivity index (χ3v) is 4.28. The van der Waals surface area contributed by atoms with Crippen LogP contribution in [0.1, 0.15) is 18.4 Å². The highest BCUT2D eigenvalue weighted by molar-refractivity contribution is 9.10. The van der Waals surface area contributed by atoms with Gasteiger partial charge in [0, 0.05) is 23.1 Å². The van der Waals surface area contributed by atoms with Crippen molar-refractivity contribution < 1.29 is 4.39 Å². The monoisotopic (exact) mass is 350 g/mol. The minimum absolute atomic E-state index is 0. The van der Waals surface area contributed by atoms with Crippen LogP contribution in [0.2, 0.25) is 0 Å². The molecule has 0 spiro atoms. The molecule has 2 rings (SSSR count). The standard InChI is InChI=1S/C14H20BrFN2.ClH/c1-17-8-11-4-3-7-18(9-11)10-12-13(15)5-2-6-14(12)16;/h2,5-6,11,17H,3-4,7-10H2,1H3;1H. The van der Waals surface area contributed by atoms with E-state index in [1.165, 1.54) is 18.9 Å². The van der Waals surface area contributed by atoms with Crippen LogP contribution in [0.4, 0.5) is 4.39 Å². The molecule has 1 saturated heterocycles. The smallest absolute Gasteiger partial charge is 0.128 e. The molecule has 1 atom stereocenters. The lowest BCUT2D eigenvalue weighted by Crippen LogP contribution is -2.38. The van der Waals surface area contributed by atoms with Crippen LogP contribution in [-0.4, -0.2) is 31.6 Å². The van der Waals surface area contributed by atoms with E-state index in [4.69, 9.17) is 0 Å². The van der Waals surface area contributed by atoms with Crippen LogP contribution in [0.25, 0.3) is 0 Å². The summed E-state index contributed by atoms with van der Waals surface area (Å²) < 4.78 is 14.7. The summed E-state index contributed by atoms with van der Waals surface area (Å²) in [4.78, 5) is 2.36. The molecule has 1 unspecified atom stereocenters. The van der Waals surface area contributed by atoms with Gasteiger partial charge in [0.1, 0.15) is 5.82 Å². The Balaban J connectivity index is 0.00000180. The van der Waals surface area contributed by atoms with Gasteiger partial charge in [0.25, 0.3) is 0 Å². The second kappa shape index (κ2) is 8.20. The van der Waals surface area contributed by atoms with E-state index in [0.29, 0.717) is 12.5 Å². The predicted octanol–water partition coefficient (Wildman–Crippen LogP) is 3.44. The van der Waals surface area contributed by atoms with Crippen molar-refractivity contribution >= 4 is 28.3 Å². The fourth-order valence-electron chi connectivity index (χ4n) is 2.66. The van der Waals surface area contributed by atoms with Crippen LogP contribution in [0.5, 0.6) is 0 Å². The van der Waals surface area contributed by atoms with E-state index in [-0.39, 0.29) is 18.2 Å². The van der Waals surface area contributed by atoms with Gasteiger partial charge in [0.2, 0.25) is 0 Å². The molecule has 0 aromatic heterocycles. The molecule has 5 heteroatoms. The molecular weight excluding hydrogens is 331 g/mol. The van der Waals surface area contributed by atoms with Gasteiger partial charge in [0.05, 0.1) is 0 Å². The Labute approximate surface area is 129 Å². The zero-order valence-electron chi connectivity index (χ0n) is 11.2. The van der Waals surface area contributed by atoms with Gasteiger partial charge >= 0.3 is 0 Å². The van der Waals surface area contributed by atoms with Gasteiger partial charge in [-0.1, -0.05) is 22.0 Å². The molecule has 0 radical (unpaired) electrons. The Morgan fingerprint density at radius 3 is 2.95 bits per heavy atom. The highest BCUT2D eigenvalue weighted by atomic mass is 79.9. The van der Waals surface area contributed by atoms with Gasteiger partial charge in [-0.3, -0.25) is 4.90 Å². The molecule has 1 aliphatic rings. The summed E-state index contributed by atoms with van der Waals surface area (Å²) in [6, 6.07) is 5.19. The quantitative estimate of drug-likeness (QED) is 0.894. The lowest BCUT2D eigenvalue weighted by Gasteiger charge is -2.33. The number of nitrogens with zero attached hydrogens (tertiary/aromatic N) is 1. The molecule has 108 valence electrons. The zero-order chi connectivity index (χ0) is 13.0. The first-order valence-electron chi connectivity index (χ1n) is 6.50. The first kappa shape index (κ1) is 16.9. The van der Waals surface area contributed by atoms with Gasteiger partial charge in [-0.05, 0) is 51.0 Å². The Morgan fingerprint density at radius 1 is 1.47 bits per heavy atom. The van der Waals surface area contributed by atoms with Crippen molar-refractivity contribution in [3.63, 3.8) is 0 Å². The van der Waals surface area contributed by atoms with E-state index in [1.54, 1.807) is 6.07 Å². The van der Waals surface area contributed by atoms with Crippen molar-refractivity contribution in [1.29, 1.82) is 0 Å². The summed E-state index contributed by atoms with van der Waals surface area (Å²) in [5, 5.41) is 3.23. The van der Waals surface area contributed by atoms with E-state index in [9.17, 15) is 4.39 Å². The van der Waals surface area contributed by atoms with Crippen LogP contribution in [0.3, 0.4) is 0 Å². The number of nitrogens with one attached hydrogen (secondary N) is 1. The van der Waals surface area contributed by atoms with Gasteiger partial charge < -0.3 is 5.32 Å². The SMILES string of the molecule is CNCC1CCCN(Cc2c(F)cccc2Br)C1.Cl. The molecule has 0 amide bonds. The van der Waals surface area contributed by atoms with Crippen molar-refractivity contribution in [1.82, 2.24) is 10.2 Å². The molecule has 0 aliphatic carbocycles. The van der Waals surface area contributed by atoms with E-state index < -0.39 is 0 Å². The van der Waals surface area contributed by atoms with Crippen molar-refractivity contribution in [2.45, 2.75) is 19.4 Å². The Morgan fingerprint density at radius 2 is 2.26 bits per heavy atom. The maximum atomic E-state index is 13.8. The van der Waals surface area contributed by atoms with Crippen molar-refractivity contribution in [2.75, 3.05) is 26.7 Å². The van der Waals surface area contributed by atoms with Crippen LogP contribution in [-0.2, 0) is 6.54 Å². The van der Waals surface area contributed by atoms with Crippen LogP contribution < -0.4 is 5.32 Å². The van der Waals surface area contributed by atoms with Crippen LogP contribution in [0, 0.1) is 11.7 Å². The summed E-state index contributed by atoms with van der Waals surface area (Å²) in [7, 11) is 1.99. The van der Waals surface area contributed by atoms with Crippen molar-refractivity contribution in [2.24, 2.45) is 5.92 Å². The maximum absolute atomic E-state index is 13.8. The first-order valence-corrected chi connectivity index (χ1v) is 7.30. The molecule has 2 nitrogen and oxygen atoms in total. The Kier molecular flexibility index (Phi) is 7.29. The third-order valence-electron chi connectivity index (χ3n) is 3.54.